The fraction of sp³-hybridized carbons (Fsp3) is 0.174. The molecule has 0 bridgehead atoms. The second kappa shape index (κ2) is 5.95. The topological polar surface area (TPSA) is 48.0 Å². The highest BCUT2D eigenvalue weighted by Gasteiger charge is 2.57. The Bertz CT molecular complexity index is 1210. The van der Waals surface area contributed by atoms with Crippen LogP contribution >= 0.6 is 0 Å². The van der Waals surface area contributed by atoms with Gasteiger partial charge in [0.25, 0.3) is 0 Å². The Labute approximate surface area is 170 Å². The number of carbonyl (C=O) groups excluding carboxylic acids is 1. The summed E-state index contributed by atoms with van der Waals surface area (Å²) in [5.74, 6) is 0.155. The van der Waals surface area contributed by atoms with Crippen molar-refractivity contribution in [2.75, 3.05) is 18.3 Å². The van der Waals surface area contributed by atoms with Crippen LogP contribution in [0, 0.1) is 11.6 Å². The molecule has 1 amide bonds. The maximum absolute atomic E-state index is 13.8. The van der Waals surface area contributed by atoms with Gasteiger partial charge in [-0.05, 0) is 35.4 Å². The molecular formula is C23H15F2NO4. The maximum Gasteiger partial charge on any atom is 0.246 e. The van der Waals surface area contributed by atoms with Gasteiger partial charge < -0.3 is 19.1 Å². The van der Waals surface area contributed by atoms with Crippen LogP contribution in [0.25, 0.3) is 0 Å². The number of nitrogens with zero attached hydrogens (tertiary/aromatic N) is 1. The van der Waals surface area contributed by atoms with Gasteiger partial charge in [0.15, 0.2) is 11.5 Å². The number of carbonyl (C=O) groups is 1. The van der Waals surface area contributed by atoms with Gasteiger partial charge in [-0.3, -0.25) is 4.79 Å². The lowest BCUT2D eigenvalue weighted by molar-refractivity contribution is -0.122. The van der Waals surface area contributed by atoms with E-state index < -0.39 is 17.0 Å². The zero-order valence-corrected chi connectivity index (χ0v) is 15.7. The molecule has 3 aromatic rings. The van der Waals surface area contributed by atoms with Crippen molar-refractivity contribution in [2.45, 2.75) is 12.0 Å². The van der Waals surface area contributed by atoms with Crippen LogP contribution in [0.5, 0.6) is 17.2 Å². The summed E-state index contributed by atoms with van der Waals surface area (Å²) in [5.41, 5.74) is 1.53. The SMILES string of the molecule is O=C1N(Cc2cc(F)cc(F)c2)c2ccccc2C12COc1cc3c(cc12)OCO3. The lowest BCUT2D eigenvalue weighted by Crippen LogP contribution is -2.42. The summed E-state index contributed by atoms with van der Waals surface area (Å²) in [6.07, 6.45) is 0. The largest absolute Gasteiger partial charge is 0.491 e. The fourth-order valence-electron chi connectivity index (χ4n) is 4.61. The number of fused-ring (bicyclic) bond motifs is 5. The van der Waals surface area contributed by atoms with E-state index in [1.807, 2.05) is 24.3 Å². The summed E-state index contributed by atoms with van der Waals surface area (Å²) >= 11 is 0. The Morgan fingerprint density at radius 2 is 1.60 bits per heavy atom. The summed E-state index contributed by atoms with van der Waals surface area (Å²) in [6.45, 7) is 0.300. The number of rotatable bonds is 2. The predicted molar refractivity (Wildman–Crippen MR) is 103 cm³/mol. The third-order valence-electron chi connectivity index (χ3n) is 5.91. The first kappa shape index (κ1) is 17.3. The van der Waals surface area contributed by atoms with Gasteiger partial charge in [0, 0.05) is 23.4 Å². The molecule has 0 radical (unpaired) electrons. The first-order valence-electron chi connectivity index (χ1n) is 9.50. The van der Waals surface area contributed by atoms with Crippen LogP contribution in [-0.4, -0.2) is 19.3 Å². The standard InChI is InChI=1S/C23H15F2NO4/c24-14-5-13(6-15(25)7-14)10-26-18-4-2-1-3-16(18)23(22(26)27)11-28-19-9-21-20(8-17(19)23)29-12-30-21/h1-9H,10-12H2. The van der Waals surface area contributed by atoms with Crippen LogP contribution in [0.15, 0.2) is 54.6 Å². The van der Waals surface area contributed by atoms with Gasteiger partial charge in [-0.25, -0.2) is 8.78 Å². The molecular weight excluding hydrogens is 392 g/mol. The molecule has 3 heterocycles. The molecule has 3 aromatic carbocycles. The van der Waals surface area contributed by atoms with Gasteiger partial charge in [0.1, 0.15) is 29.4 Å². The number of amides is 1. The Kier molecular flexibility index (Phi) is 3.42. The molecule has 3 aliphatic heterocycles. The molecule has 0 aromatic heterocycles. The highest BCUT2D eigenvalue weighted by molar-refractivity contribution is 6.11. The van der Waals surface area contributed by atoms with E-state index in [0.717, 1.165) is 11.6 Å². The molecule has 150 valence electrons. The Balaban J connectivity index is 1.49. The summed E-state index contributed by atoms with van der Waals surface area (Å²) in [6, 6.07) is 14.3. The summed E-state index contributed by atoms with van der Waals surface area (Å²) < 4.78 is 44.3. The number of hydrogen-bond donors (Lipinski definition) is 0. The molecule has 7 heteroatoms. The van der Waals surface area contributed by atoms with E-state index in [1.165, 1.54) is 12.1 Å². The molecule has 1 atom stereocenters. The minimum atomic E-state index is -1.04. The molecule has 1 spiro atoms. The highest BCUT2D eigenvalue weighted by Crippen LogP contribution is 2.55. The third kappa shape index (κ3) is 2.23. The number of benzene rings is 3. The monoisotopic (exact) mass is 407 g/mol. The van der Waals surface area contributed by atoms with Gasteiger partial charge in [0.2, 0.25) is 12.7 Å². The maximum atomic E-state index is 13.8. The number of ether oxygens (including phenoxy) is 3. The van der Waals surface area contributed by atoms with E-state index in [2.05, 4.69) is 0 Å². The number of halogens is 2. The third-order valence-corrected chi connectivity index (χ3v) is 5.91. The van der Waals surface area contributed by atoms with Gasteiger partial charge in [-0.1, -0.05) is 18.2 Å². The van der Waals surface area contributed by atoms with E-state index in [9.17, 15) is 13.6 Å². The molecule has 3 aliphatic rings. The fourth-order valence-corrected chi connectivity index (χ4v) is 4.61. The lowest BCUT2D eigenvalue weighted by atomic mass is 9.77. The zero-order chi connectivity index (χ0) is 20.5. The number of para-hydroxylation sites is 1. The summed E-state index contributed by atoms with van der Waals surface area (Å²) in [5, 5.41) is 0. The Morgan fingerprint density at radius 1 is 0.867 bits per heavy atom. The van der Waals surface area contributed by atoms with Crippen molar-refractivity contribution in [1.29, 1.82) is 0 Å². The Morgan fingerprint density at radius 3 is 2.40 bits per heavy atom. The van der Waals surface area contributed by atoms with Gasteiger partial charge in [0.05, 0.1) is 6.54 Å². The summed E-state index contributed by atoms with van der Waals surface area (Å²) in [7, 11) is 0. The average Bonchev–Trinajstić information content (AvgIpc) is 3.39. The highest BCUT2D eigenvalue weighted by atomic mass is 19.1. The van der Waals surface area contributed by atoms with Crippen LogP contribution in [0.2, 0.25) is 0 Å². The van der Waals surface area contributed by atoms with Crippen LogP contribution in [0.1, 0.15) is 16.7 Å². The molecule has 0 aliphatic carbocycles. The summed E-state index contributed by atoms with van der Waals surface area (Å²) in [4.78, 5) is 15.4. The van der Waals surface area contributed by atoms with E-state index in [0.29, 0.717) is 34.1 Å². The zero-order valence-electron chi connectivity index (χ0n) is 15.7. The van der Waals surface area contributed by atoms with Crippen molar-refractivity contribution in [3.63, 3.8) is 0 Å². The molecule has 0 N–H and O–H groups in total. The first-order chi connectivity index (χ1) is 14.6. The quantitative estimate of drug-likeness (QED) is 0.646. The van der Waals surface area contributed by atoms with Crippen molar-refractivity contribution >= 4 is 11.6 Å². The normalized spacial score (nSPS) is 20.5. The molecule has 30 heavy (non-hydrogen) atoms. The van der Waals surface area contributed by atoms with E-state index in [-0.39, 0.29) is 25.9 Å². The minimum absolute atomic E-state index is 0.0478. The van der Waals surface area contributed by atoms with Gasteiger partial charge in [-0.2, -0.15) is 0 Å². The molecule has 0 saturated carbocycles. The predicted octanol–water partition coefficient (Wildman–Crippen LogP) is 3.92. The van der Waals surface area contributed by atoms with Gasteiger partial charge in [-0.15, -0.1) is 0 Å². The molecule has 1 unspecified atom stereocenters. The molecule has 0 saturated heterocycles. The van der Waals surface area contributed by atoms with Crippen LogP contribution < -0.4 is 19.1 Å². The van der Waals surface area contributed by atoms with Crippen molar-refractivity contribution in [2.24, 2.45) is 0 Å². The number of hydrogen-bond acceptors (Lipinski definition) is 4. The van der Waals surface area contributed by atoms with E-state index >= 15 is 0 Å². The second-order valence-electron chi connectivity index (χ2n) is 7.58. The van der Waals surface area contributed by atoms with Crippen molar-refractivity contribution in [1.82, 2.24) is 0 Å². The van der Waals surface area contributed by atoms with Crippen molar-refractivity contribution in [3.05, 3.63) is 82.9 Å². The van der Waals surface area contributed by atoms with Crippen LogP contribution in [-0.2, 0) is 16.8 Å². The second-order valence-corrected chi connectivity index (χ2v) is 7.58. The Hall–Kier alpha value is -3.61. The van der Waals surface area contributed by atoms with Crippen LogP contribution in [0.4, 0.5) is 14.5 Å². The average molecular weight is 407 g/mol. The van der Waals surface area contributed by atoms with Crippen molar-refractivity contribution < 1.29 is 27.8 Å². The van der Waals surface area contributed by atoms with E-state index in [4.69, 9.17) is 14.2 Å². The molecule has 0 fully saturated rings. The smallest absolute Gasteiger partial charge is 0.246 e. The first-order valence-corrected chi connectivity index (χ1v) is 9.50. The lowest BCUT2D eigenvalue weighted by Gasteiger charge is -2.23. The minimum Gasteiger partial charge on any atom is -0.491 e. The number of anilines is 1. The molecule has 5 nitrogen and oxygen atoms in total. The van der Waals surface area contributed by atoms with Crippen molar-refractivity contribution in [3.8, 4) is 17.2 Å². The van der Waals surface area contributed by atoms with Crippen LogP contribution in [0.3, 0.4) is 0 Å². The van der Waals surface area contributed by atoms with E-state index in [1.54, 1.807) is 17.0 Å². The van der Waals surface area contributed by atoms with Gasteiger partial charge >= 0.3 is 0 Å². The molecule has 6 rings (SSSR count).